The summed E-state index contributed by atoms with van der Waals surface area (Å²) in [6.45, 7) is 0. The Balaban J connectivity index is 2.06. The summed E-state index contributed by atoms with van der Waals surface area (Å²) >= 11 is 7.90. The minimum atomic E-state index is -2.01. The van der Waals surface area contributed by atoms with Gasteiger partial charge in [-0.3, -0.25) is 0 Å². The van der Waals surface area contributed by atoms with Crippen molar-refractivity contribution >= 4 is 37.2 Å². The van der Waals surface area contributed by atoms with E-state index in [0.717, 1.165) is 0 Å². The van der Waals surface area contributed by atoms with Gasteiger partial charge in [0.15, 0.2) is 0 Å². The van der Waals surface area contributed by atoms with Gasteiger partial charge in [-0.1, -0.05) is 36.4 Å². The molecule has 0 aliphatic heterocycles. The maximum absolute atomic E-state index is 12.0. The normalized spacial score (nSPS) is 10.8. The molecule has 0 aliphatic carbocycles. The summed E-state index contributed by atoms with van der Waals surface area (Å²) in [6, 6.07) is 16.7. The van der Waals surface area contributed by atoms with Gasteiger partial charge >= 0.3 is 11.9 Å². The lowest BCUT2D eigenvalue weighted by Gasteiger charge is -2.18. The molecule has 0 amide bonds. The summed E-state index contributed by atoms with van der Waals surface area (Å²) < 4.78 is 8.08. The van der Waals surface area contributed by atoms with Crippen LogP contribution in [0.3, 0.4) is 0 Å². The number of rotatable bonds is 4. The van der Waals surface area contributed by atoms with E-state index in [2.05, 4.69) is 25.3 Å². The lowest BCUT2D eigenvalue weighted by Crippen LogP contribution is -2.42. The highest BCUT2D eigenvalue weighted by Crippen LogP contribution is 2.26. The zero-order valence-electron chi connectivity index (χ0n) is 10.8. The van der Waals surface area contributed by atoms with Crippen molar-refractivity contribution in [3.63, 3.8) is 0 Å². The van der Waals surface area contributed by atoms with Gasteiger partial charge < -0.3 is 9.47 Å². The number of thiol groups is 2. The fourth-order valence-electron chi connectivity index (χ4n) is 1.42. The molecule has 0 heterocycles. The Morgan fingerprint density at radius 3 is 1.38 bits per heavy atom. The Labute approximate surface area is 132 Å². The van der Waals surface area contributed by atoms with Gasteiger partial charge in [-0.2, -0.15) is 0 Å². The SMILES string of the molecule is O=C(Oc1ccccc1)C(S)(S)C(=O)Oc1ccccc1. The van der Waals surface area contributed by atoms with Crippen LogP contribution < -0.4 is 9.47 Å². The molecule has 0 saturated carbocycles. The third-order valence-electron chi connectivity index (χ3n) is 2.48. The summed E-state index contributed by atoms with van der Waals surface area (Å²) in [7, 11) is 0. The quantitative estimate of drug-likeness (QED) is 0.299. The largest absolute Gasteiger partial charge is 0.424 e. The first-order valence-corrected chi connectivity index (χ1v) is 6.89. The van der Waals surface area contributed by atoms with Gasteiger partial charge in [0.1, 0.15) is 11.5 Å². The van der Waals surface area contributed by atoms with E-state index in [9.17, 15) is 9.59 Å². The average molecular weight is 320 g/mol. The Morgan fingerprint density at radius 1 is 0.714 bits per heavy atom. The zero-order chi connectivity index (χ0) is 15.3. The van der Waals surface area contributed by atoms with Gasteiger partial charge in [0.25, 0.3) is 4.08 Å². The molecule has 0 aliphatic rings. The molecule has 108 valence electrons. The Hall–Kier alpha value is -1.92. The molecule has 0 fully saturated rings. The first-order valence-electron chi connectivity index (χ1n) is 5.99. The van der Waals surface area contributed by atoms with E-state index < -0.39 is 16.0 Å². The molecule has 0 unspecified atom stereocenters. The number of ether oxygens (including phenoxy) is 2. The number of carbonyl (C=O) groups is 2. The van der Waals surface area contributed by atoms with Gasteiger partial charge in [0.05, 0.1) is 0 Å². The molecule has 0 spiro atoms. The summed E-state index contributed by atoms with van der Waals surface area (Å²) in [6.07, 6.45) is 0. The van der Waals surface area contributed by atoms with Gasteiger partial charge in [-0.15, -0.1) is 25.3 Å². The number of carbonyl (C=O) groups excluding carboxylic acids is 2. The van der Waals surface area contributed by atoms with Crippen molar-refractivity contribution in [2.45, 2.75) is 4.08 Å². The number of esters is 2. The average Bonchev–Trinajstić information content (AvgIpc) is 2.49. The lowest BCUT2D eigenvalue weighted by molar-refractivity contribution is -0.144. The van der Waals surface area contributed by atoms with Crippen LogP contribution in [0.25, 0.3) is 0 Å². The van der Waals surface area contributed by atoms with Gasteiger partial charge in [-0.25, -0.2) is 9.59 Å². The summed E-state index contributed by atoms with van der Waals surface area (Å²) in [5.41, 5.74) is 0. The minimum Gasteiger partial charge on any atom is -0.424 e. The fraction of sp³-hybridized carbons (Fsp3) is 0.0667. The smallest absolute Gasteiger partial charge is 0.349 e. The molecule has 0 saturated heterocycles. The highest BCUT2D eigenvalue weighted by Gasteiger charge is 2.43. The van der Waals surface area contributed by atoms with Crippen molar-refractivity contribution in [1.82, 2.24) is 0 Å². The molecule has 0 bridgehead atoms. The first kappa shape index (κ1) is 15.5. The zero-order valence-corrected chi connectivity index (χ0v) is 12.6. The molecule has 21 heavy (non-hydrogen) atoms. The molecular weight excluding hydrogens is 308 g/mol. The van der Waals surface area contributed by atoms with E-state index in [4.69, 9.17) is 9.47 Å². The second-order valence-corrected chi connectivity index (χ2v) is 5.77. The standard InChI is InChI=1S/C15H12O4S2/c16-13(18-11-7-3-1-4-8-11)15(20,21)14(17)19-12-9-5-2-6-10-12/h1-10,20-21H. The number of benzene rings is 2. The van der Waals surface area contributed by atoms with Gasteiger partial charge in [0, 0.05) is 0 Å². The van der Waals surface area contributed by atoms with Crippen molar-refractivity contribution in [1.29, 1.82) is 0 Å². The third-order valence-corrected chi connectivity index (χ3v) is 3.21. The highest BCUT2D eigenvalue weighted by atomic mass is 32.2. The number of hydrogen-bond donors (Lipinski definition) is 2. The molecule has 0 atom stereocenters. The fourth-order valence-corrected chi connectivity index (χ4v) is 1.60. The topological polar surface area (TPSA) is 52.6 Å². The maximum Gasteiger partial charge on any atom is 0.349 e. The van der Waals surface area contributed by atoms with Crippen molar-refractivity contribution < 1.29 is 19.1 Å². The monoisotopic (exact) mass is 320 g/mol. The third kappa shape index (κ3) is 4.03. The van der Waals surface area contributed by atoms with Crippen molar-refractivity contribution in [2.75, 3.05) is 0 Å². The highest BCUT2D eigenvalue weighted by molar-refractivity contribution is 8.03. The second kappa shape index (κ2) is 6.69. The van der Waals surface area contributed by atoms with Crippen LogP contribution in [0.2, 0.25) is 0 Å². The minimum absolute atomic E-state index is 0.294. The Morgan fingerprint density at radius 2 is 1.05 bits per heavy atom. The molecule has 0 aromatic heterocycles. The van der Waals surface area contributed by atoms with E-state index in [1.54, 1.807) is 60.7 Å². The van der Waals surface area contributed by atoms with E-state index >= 15 is 0 Å². The van der Waals surface area contributed by atoms with Gasteiger partial charge in [0.2, 0.25) is 0 Å². The van der Waals surface area contributed by atoms with Crippen LogP contribution in [0.5, 0.6) is 11.5 Å². The molecule has 0 N–H and O–H groups in total. The summed E-state index contributed by atoms with van der Waals surface area (Å²) in [4.78, 5) is 24.0. The first-order chi connectivity index (χ1) is 10.00. The summed E-state index contributed by atoms with van der Waals surface area (Å²) in [5.74, 6) is -1.27. The second-order valence-electron chi connectivity index (χ2n) is 4.08. The number of hydrogen-bond acceptors (Lipinski definition) is 6. The van der Waals surface area contributed by atoms with Crippen LogP contribution in [0.15, 0.2) is 60.7 Å². The van der Waals surface area contributed by atoms with Crippen LogP contribution in [-0.4, -0.2) is 16.0 Å². The summed E-state index contributed by atoms with van der Waals surface area (Å²) in [5, 5.41) is 0. The lowest BCUT2D eigenvalue weighted by atomic mass is 10.3. The molecule has 2 aromatic carbocycles. The van der Waals surface area contributed by atoms with E-state index in [1.165, 1.54) is 0 Å². The van der Waals surface area contributed by atoms with Crippen molar-refractivity contribution in [3.8, 4) is 11.5 Å². The molecule has 2 aromatic rings. The maximum atomic E-state index is 12.0. The molecule has 4 nitrogen and oxygen atoms in total. The molecule has 6 heteroatoms. The van der Waals surface area contributed by atoms with E-state index in [0.29, 0.717) is 11.5 Å². The van der Waals surface area contributed by atoms with Crippen LogP contribution in [0.1, 0.15) is 0 Å². The predicted molar refractivity (Wildman–Crippen MR) is 84.9 cm³/mol. The molecule has 2 rings (SSSR count). The predicted octanol–water partition coefficient (Wildman–Crippen LogP) is 2.75. The van der Waals surface area contributed by atoms with E-state index in [-0.39, 0.29) is 0 Å². The van der Waals surface area contributed by atoms with Crippen LogP contribution in [0, 0.1) is 0 Å². The molecule has 0 radical (unpaired) electrons. The molecular formula is C15H12O4S2. The van der Waals surface area contributed by atoms with Crippen molar-refractivity contribution in [3.05, 3.63) is 60.7 Å². The van der Waals surface area contributed by atoms with Crippen molar-refractivity contribution in [2.24, 2.45) is 0 Å². The number of para-hydroxylation sites is 2. The Bertz CT molecular complexity index is 571. The van der Waals surface area contributed by atoms with E-state index in [1.807, 2.05) is 0 Å². The van der Waals surface area contributed by atoms with Crippen LogP contribution >= 0.6 is 25.3 Å². The van der Waals surface area contributed by atoms with Crippen LogP contribution in [0.4, 0.5) is 0 Å². The van der Waals surface area contributed by atoms with Gasteiger partial charge in [-0.05, 0) is 24.3 Å². The van der Waals surface area contributed by atoms with Crippen LogP contribution in [-0.2, 0) is 9.59 Å². The Kier molecular flexibility index (Phi) is 4.93.